The predicted molar refractivity (Wildman–Crippen MR) is 133 cm³/mol. The molecule has 168 valence electrons. The van der Waals surface area contributed by atoms with Gasteiger partial charge in [-0.1, -0.05) is 113 Å². The van der Waals surface area contributed by atoms with Gasteiger partial charge in [0.15, 0.2) is 0 Å². The van der Waals surface area contributed by atoms with Gasteiger partial charge in [0.25, 0.3) is 0 Å². The van der Waals surface area contributed by atoms with Gasteiger partial charge in [0.05, 0.1) is 0 Å². The molecule has 0 aromatic heterocycles. The van der Waals surface area contributed by atoms with Crippen molar-refractivity contribution in [2.24, 2.45) is 10.2 Å². The molecule has 0 unspecified atom stereocenters. The van der Waals surface area contributed by atoms with Gasteiger partial charge in [0, 0.05) is 0 Å². The molecule has 0 N–H and O–H groups in total. The number of rotatable bonds is 5. The summed E-state index contributed by atoms with van der Waals surface area (Å²) < 4.78 is 11.3. The minimum Gasteiger partial charge on any atom is -0.487 e. The van der Waals surface area contributed by atoms with Gasteiger partial charge in [0.2, 0.25) is 0 Å². The van der Waals surface area contributed by atoms with Crippen LogP contribution in [0, 0.1) is 6.92 Å². The van der Waals surface area contributed by atoms with Crippen LogP contribution in [0.4, 0.5) is 9.59 Å². The lowest BCUT2D eigenvalue weighted by Crippen LogP contribution is -2.69. The number of carbonyl (C=O) groups excluding carboxylic acids is 2. The quantitative estimate of drug-likeness (QED) is 0.242. The fraction of sp³-hybridized carbons (Fsp3) is 0.0370. The molecule has 34 heavy (non-hydrogen) atoms. The standard InChI is InChI=1S/C27H22N2O4Si/c1-21-12-11-13-22(20-21)32-26(30)28-29-27(31)33-34(23-14-5-2-6-15-23,24-16-7-3-8-17-24)25-18-9-4-10-19-25/h2-20H,1H3. The minimum absolute atomic E-state index is 0.318. The molecule has 4 aromatic carbocycles. The van der Waals surface area contributed by atoms with Crippen LogP contribution in [0.2, 0.25) is 0 Å². The maximum Gasteiger partial charge on any atom is 0.458 e. The molecule has 0 saturated carbocycles. The van der Waals surface area contributed by atoms with Crippen molar-refractivity contribution in [2.75, 3.05) is 0 Å². The average molecular weight is 467 g/mol. The topological polar surface area (TPSA) is 77.3 Å². The summed E-state index contributed by atoms with van der Waals surface area (Å²) in [4.78, 5) is 25.1. The second-order valence-corrected chi connectivity index (χ2v) is 10.8. The van der Waals surface area contributed by atoms with Crippen molar-refractivity contribution < 1.29 is 18.8 Å². The molecular formula is C27H22N2O4Si. The molecule has 4 aromatic rings. The first-order chi connectivity index (χ1) is 16.6. The maximum absolute atomic E-state index is 12.9. The van der Waals surface area contributed by atoms with Crippen LogP contribution in [0.5, 0.6) is 5.75 Å². The summed E-state index contributed by atoms with van der Waals surface area (Å²) in [6.45, 7) is 1.87. The molecule has 0 heterocycles. The van der Waals surface area contributed by atoms with E-state index in [2.05, 4.69) is 10.2 Å². The highest BCUT2D eigenvalue weighted by atomic mass is 28.4. The highest BCUT2D eigenvalue weighted by molar-refractivity contribution is 7.07. The van der Waals surface area contributed by atoms with E-state index in [1.165, 1.54) is 0 Å². The third kappa shape index (κ3) is 5.16. The van der Waals surface area contributed by atoms with Gasteiger partial charge in [-0.3, -0.25) is 0 Å². The Balaban J connectivity index is 1.68. The van der Waals surface area contributed by atoms with Crippen molar-refractivity contribution in [2.45, 2.75) is 6.92 Å². The predicted octanol–water partition coefficient (Wildman–Crippen LogP) is 4.75. The molecule has 0 saturated heterocycles. The lowest BCUT2D eigenvalue weighted by Gasteiger charge is -2.31. The Morgan fingerprint density at radius 1 is 0.618 bits per heavy atom. The van der Waals surface area contributed by atoms with Gasteiger partial charge in [-0.2, -0.15) is 0 Å². The summed E-state index contributed by atoms with van der Waals surface area (Å²) in [5, 5.41) is 9.53. The highest BCUT2D eigenvalue weighted by Crippen LogP contribution is 2.14. The highest BCUT2D eigenvalue weighted by Gasteiger charge is 2.45. The normalized spacial score (nSPS) is 11.2. The van der Waals surface area contributed by atoms with Crippen molar-refractivity contribution in [1.29, 1.82) is 0 Å². The molecule has 0 spiro atoms. The summed E-state index contributed by atoms with van der Waals surface area (Å²) in [6, 6.07) is 35.6. The largest absolute Gasteiger partial charge is 0.487 e. The van der Waals surface area contributed by atoms with E-state index in [4.69, 9.17) is 9.16 Å². The number of aryl methyl sites for hydroxylation is 1. The van der Waals surface area contributed by atoms with E-state index in [1.807, 2.05) is 104 Å². The Kier molecular flexibility index (Phi) is 7.05. The number of hydrogen-bond donors (Lipinski definition) is 0. The SMILES string of the molecule is Cc1cccc(OC(=O)N=NC(=O)O[Si](c2ccccc2)(c2ccccc2)c2ccccc2)c1. The van der Waals surface area contributed by atoms with Crippen LogP contribution in [0.15, 0.2) is 125 Å². The Morgan fingerprint density at radius 3 is 1.56 bits per heavy atom. The van der Waals surface area contributed by atoms with Gasteiger partial charge >= 0.3 is 20.5 Å². The van der Waals surface area contributed by atoms with Gasteiger partial charge in [-0.05, 0) is 40.2 Å². The zero-order chi connectivity index (χ0) is 23.8. The second-order valence-electron chi connectivity index (χ2n) is 7.53. The minimum atomic E-state index is -3.30. The van der Waals surface area contributed by atoms with E-state index in [0.29, 0.717) is 5.75 Å². The van der Waals surface area contributed by atoms with Gasteiger partial charge in [-0.15, -0.1) is 0 Å². The average Bonchev–Trinajstić information content (AvgIpc) is 2.88. The molecule has 0 bridgehead atoms. The van der Waals surface area contributed by atoms with Crippen LogP contribution in [-0.4, -0.2) is 20.5 Å². The molecule has 0 aliphatic rings. The Hall–Kier alpha value is -4.36. The fourth-order valence-corrected chi connectivity index (χ4v) is 7.37. The fourth-order valence-electron chi connectivity index (χ4n) is 3.73. The lowest BCUT2D eigenvalue weighted by atomic mass is 10.2. The van der Waals surface area contributed by atoms with E-state index >= 15 is 0 Å². The third-order valence-electron chi connectivity index (χ3n) is 5.19. The van der Waals surface area contributed by atoms with E-state index in [1.54, 1.807) is 18.2 Å². The van der Waals surface area contributed by atoms with E-state index in [9.17, 15) is 9.59 Å². The Morgan fingerprint density at radius 2 is 1.09 bits per heavy atom. The molecule has 2 amide bonds. The number of hydrogen-bond acceptors (Lipinski definition) is 4. The van der Waals surface area contributed by atoms with Crippen molar-refractivity contribution in [3.8, 4) is 5.75 Å². The summed E-state index contributed by atoms with van der Waals surface area (Å²) in [5.74, 6) is 0.318. The number of benzene rings is 4. The van der Waals surface area contributed by atoms with Gasteiger partial charge < -0.3 is 9.16 Å². The van der Waals surface area contributed by atoms with Crippen LogP contribution < -0.4 is 20.3 Å². The molecule has 0 aliphatic heterocycles. The van der Waals surface area contributed by atoms with Crippen LogP contribution in [0.3, 0.4) is 0 Å². The molecule has 0 aliphatic carbocycles. The lowest BCUT2D eigenvalue weighted by molar-refractivity contribution is 0.200. The van der Waals surface area contributed by atoms with Crippen molar-refractivity contribution in [1.82, 2.24) is 0 Å². The number of carbonyl (C=O) groups is 2. The summed E-state index contributed by atoms with van der Waals surface area (Å²) in [7, 11) is -3.30. The first-order valence-corrected chi connectivity index (χ1v) is 12.6. The molecular weight excluding hydrogens is 444 g/mol. The van der Waals surface area contributed by atoms with Gasteiger partial charge in [0.1, 0.15) is 5.75 Å². The summed E-state index contributed by atoms with van der Waals surface area (Å²) >= 11 is 0. The van der Waals surface area contributed by atoms with Crippen LogP contribution in [-0.2, 0) is 4.43 Å². The number of ether oxygens (including phenoxy) is 1. The Bertz CT molecular complexity index is 1200. The molecule has 7 heteroatoms. The van der Waals surface area contributed by atoms with Crippen molar-refractivity contribution in [3.63, 3.8) is 0 Å². The number of nitrogens with zero attached hydrogens (tertiary/aromatic N) is 2. The first kappa shape index (κ1) is 22.8. The zero-order valence-corrected chi connectivity index (χ0v) is 19.5. The van der Waals surface area contributed by atoms with Crippen molar-refractivity contribution in [3.05, 3.63) is 121 Å². The van der Waals surface area contributed by atoms with Crippen LogP contribution in [0.25, 0.3) is 0 Å². The van der Waals surface area contributed by atoms with Gasteiger partial charge in [-0.25, -0.2) is 9.59 Å². The molecule has 0 fully saturated rings. The first-order valence-electron chi connectivity index (χ1n) is 10.7. The van der Waals surface area contributed by atoms with E-state index in [-0.39, 0.29) is 0 Å². The Labute approximate surface area is 198 Å². The smallest absolute Gasteiger partial charge is 0.458 e. The zero-order valence-electron chi connectivity index (χ0n) is 18.5. The van der Waals surface area contributed by atoms with E-state index in [0.717, 1.165) is 21.1 Å². The maximum atomic E-state index is 12.9. The number of amides is 2. The molecule has 6 nitrogen and oxygen atoms in total. The van der Waals surface area contributed by atoms with Crippen molar-refractivity contribution >= 4 is 36.1 Å². The van der Waals surface area contributed by atoms with E-state index < -0.39 is 20.5 Å². The van der Waals surface area contributed by atoms with Crippen LogP contribution in [0.1, 0.15) is 5.56 Å². The summed E-state index contributed by atoms with van der Waals surface area (Å²) in [5.41, 5.74) is 0.922. The third-order valence-corrected chi connectivity index (χ3v) is 9.11. The summed E-state index contributed by atoms with van der Waals surface area (Å²) in [6.07, 6.45) is -1.97. The molecule has 0 atom stereocenters. The molecule has 0 radical (unpaired) electrons. The monoisotopic (exact) mass is 466 g/mol. The van der Waals surface area contributed by atoms with Crippen LogP contribution >= 0.6 is 0 Å². The second kappa shape index (κ2) is 10.5. The molecule has 4 rings (SSSR count). The number of azo groups is 1.